The Hall–Kier alpha value is -3.26. The largest absolute Gasteiger partial charge is 0.458 e. The van der Waals surface area contributed by atoms with Crippen molar-refractivity contribution in [3.63, 3.8) is 0 Å². The van der Waals surface area contributed by atoms with E-state index in [2.05, 4.69) is 4.98 Å². The third-order valence-corrected chi connectivity index (χ3v) is 5.11. The molecule has 5 rings (SSSR count). The third-order valence-electron chi connectivity index (χ3n) is 5.11. The Balaban J connectivity index is 0.000000994. The highest BCUT2D eigenvalue weighted by Crippen LogP contribution is 2.36. The van der Waals surface area contributed by atoms with E-state index in [0.717, 1.165) is 22.3 Å². The van der Waals surface area contributed by atoms with Gasteiger partial charge < -0.3 is 19.3 Å². The number of pyridine rings is 3. The lowest BCUT2D eigenvalue weighted by molar-refractivity contribution is -0.157. The number of hydrogen-bond donors (Lipinski definition) is 1. The van der Waals surface area contributed by atoms with Gasteiger partial charge in [0.15, 0.2) is 6.10 Å². The number of hydrogen-bond acceptors (Lipinski definition) is 7. The smallest absolute Gasteiger partial charge is 0.340 e. The number of cyclic esters (lactones) is 1. The van der Waals surface area contributed by atoms with Crippen LogP contribution in [0.3, 0.4) is 0 Å². The van der Waals surface area contributed by atoms with Crippen LogP contribution in [0.15, 0.2) is 29.2 Å². The van der Waals surface area contributed by atoms with Crippen molar-refractivity contribution in [2.75, 3.05) is 19.0 Å². The van der Waals surface area contributed by atoms with E-state index in [1.807, 2.05) is 45.0 Å². The molecule has 1 unspecified atom stereocenters. The normalized spacial score (nSPS) is 16.3. The number of aliphatic hydroxyl groups is 1. The maximum Gasteiger partial charge on any atom is 0.340 e. The van der Waals surface area contributed by atoms with Gasteiger partial charge in [0.05, 0.1) is 29.0 Å². The van der Waals surface area contributed by atoms with Crippen LogP contribution in [0, 0.1) is 0 Å². The Morgan fingerprint density at radius 2 is 2.00 bits per heavy atom. The molecule has 8 heteroatoms. The zero-order valence-corrected chi connectivity index (χ0v) is 16.8. The zero-order valence-electron chi connectivity index (χ0n) is 16.8. The first-order valence-electron chi connectivity index (χ1n) is 9.53. The van der Waals surface area contributed by atoms with Gasteiger partial charge in [-0.2, -0.15) is 0 Å². The number of nitrogens with zero attached hydrogens (tertiary/aromatic N) is 4. The lowest BCUT2D eigenvalue weighted by atomic mass is 10.0. The molecule has 0 aliphatic carbocycles. The molecule has 0 amide bonds. The van der Waals surface area contributed by atoms with Crippen LogP contribution in [0.5, 0.6) is 0 Å². The fourth-order valence-corrected chi connectivity index (χ4v) is 3.79. The predicted octanol–water partition coefficient (Wildman–Crippen LogP) is 2.00. The quantitative estimate of drug-likeness (QED) is 0.493. The second-order valence-electron chi connectivity index (χ2n) is 6.96. The van der Waals surface area contributed by atoms with E-state index < -0.39 is 12.1 Å². The molecule has 8 nitrogen and oxygen atoms in total. The summed E-state index contributed by atoms with van der Waals surface area (Å²) in [4.78, 5) is 35.7. The second-order valence-corrected chi connectivity index (χ2v) is 6.96. The van der Waals surface area contributed by atoms with Gasteiger partial charge in [-0.1, -0.05) is 13.8 Å². The van der Waals surface area contributed by atoms with Gasteiger partial charge in [-0.15, -0.1) is 0 Å². The Labute approximate surface area is 167 Å². The number of anilines is 1. The Morgan fingerprint density at radius 1 is 1.24 bits per heavy atom. The molecule has 2 aliphatic rings. The minimum Gasteiger partial charge on any atom is -0.458 e. The minimum atomic E-state index is -1.44. The zero-order chi connectivity index (χ0) is 20.9. The molecule has 0 radical (unpaired) electrons. The molecule has 0 aromatic carbocycles. The van der Waals surface area contributed by atoms with Crippen molar-refractivity contribution in [1.29, 1.82) is 0 Å². The van der Waals surface area contributed by atoms with E-state index in [9.17, 15) is 14.7 Å². The van der Waals surface area contributed by atoms with Crippen molar-refractivity contribution < 1.29 is 14.6 Å². The highest BCUT2D eigenvalue weighted by molar-refractivity contribution is 5.92. The van der Waals surface area contributed by atoms with E-state index in [-0.39, 0.29) is 12.2 Å². The molecule has 1 N–H and O–H groups in total. The molecule has 5 heterocycles. The number of aromatic nitrogens is 3. The molecule has 29 heavy (non-hydrogen) atoms. The van der Waals surface area contributed by atoms with Crippen LogP contribution in [0.2, 0.25) is 0 Å². The Bertz CT molecular complexity index is 1200. The van der Waals surface area contributed by atoms with Gasteiger partial charge in [0.1, 0.15) is 12.4 Å². The maximum absolute atomic E-state index is 12.9. The summed E-state index contributed by atoms with van der Waals surface area (Å²) in [5.74, 6) is 0.0676. The van der Waals surface area contributed by atoms with Crippen molar-refractivity contribution in [3.8, 4) is 11.4 Å². The average molecular weight is 394 g/mol. The fourth-order valence-electron chi connectivity index (χ4n) is 3.79. The second kappa shape index (κ2) is 6.97. The van der Waals surface area contributed by atoms with E-state index in [0.29, 0.717) is 29.1 Å². The van der Waals surface area contributed by atoms with E-state index in [4.69, 9.17) is 9.72 Å². The SMILES string of the molecule is CC.CN(C)c1nccc2nc3c(cc12)Cn1c-3cc2c(c1=O)COC(=O)C2O. The first-order valence-corrected chi connectivity index (χ1v) is 9.53. The molecule has 3 aromatic rings. The average Bonchev–Trinajstić information content (AvgIpc) is 3.08. The van der Waals surface area contributed by atoms with Crippen LogP contribution in [0.1, 0.15) is 36.6 Å². The van der Waals surface area contributed by atoms with E-state index in [1.165, 1.54) is 0 Å². The molecule has 0 spiro atoms. The summed E-state index contributed by atoms with van der Waals surface area (Å²) in [6, 6.07) is 5.51. The van der Waals surface area contributed by atoms with Gasteiger partial charge in [0.2, 0.25) is 0 Å². The van der Waals surface area contributed by atoms with Crippen LogP contribution in [-0.4, -0.2) is 39.7 Å². The monoisotopic (exact) mass is 394 g/mol. The number of esters is 1. The molecule has 0 fully saturated rings. The number of fused-ring (bicyclic) bond motifs is 5. The van der Waals surface area contributed by atoms with Crippen LogP contribution in [0.4, 0.5) is 5.82 Å². The van der Waals surface area contributed by atoms with Gasteiger partial charge >= 0.3 is 5.97 Å². The van der Waals surface area contributed by atoms with Crippen molar-refractivity contribution in [2.45, 2.75) is 33.1 Å². The lowest BCUT2D eigenvalue weighted by Crippen LogP contribution is -2.32. The molecule has 150 valence electrons. The predicted molar refractivity (Wildman–Crippen MR) is 109 cm³/mol. The molecule has 1 atom stereocenters. The Morgan fingerprint density at radius 3 is 2.72 bits per heavy atom. The van der Waals surface area contributed by atoms with Crippen molar-refractivity contribution >= 4 is 22.7 Å². The molecular weight excluding hydrogens is 372 g/mol. The molecule has 0 bridgehead atoms. The number of ether oxygens (including phenoxy) is 1. The van der Waals surface area contributed by atoms with Crippen LogP contribution >= 0.6 is 0 Å². The number of carbonyl (C=O) groups excluding carboxylic acids is 1. The van der Waals surface area contributed by atoms with E-state index >= 15 is 0 Å². The van der Waals surface area contributed by atoms with Gasteiger partial charge in [0, 0.05) is 36.8 Å². The topological polar surface area (TPSA) is 97.5 Å². The summed E-state index contributed by atoms with van der Waals surface area (Å²) in [5, 5.41) is 11.1. The maximum atomic E-state index is 12.9. The summed E-state index contributed by atoms with van der Waals surface area (Å²) < 4.78 is 6.52. The lowest BCUT2D eigenvalue weighted by Gasteiger charge is -2.21. The molecule has 0 saturated heterocycles. The highest BCUT2D eigenvalue weighted by atomic mass is 16.5. The number of rotatable bonds is 1. The molecule has 3 aromatic heterocycles. The van der Waals surface area contributed by atoms with E-state index in [1.54, 1.807) is 16.8 Å². The standard InChI is InChI=1S/C19H16N4O4.C2H6/c1-22(2)17-11-5-9-7-23-14(15(9)21-13(11)3-4-20-17)6-10-12(18(23)25)8-27-19(26)16(10)24;1-2/h3-6,16,24H,7-8H2,1-2H3;1-2H3. The summed E-state index contributed by atoms with van der Waals surface area (Å²) in [6.07, 6.45) is 0.257. The number of aliphatic hydroxyl groups excluding tert-OH is 1. The van der Waals surface area contributed by atoms with Crippen molar-refractivity contribution in [1.82, 2.24) is 14.5 Å². The third kappa shape index (κ3) is 2.79. The minimum absolute atomic E-state index is 0.120. The van der Waals surface area contributed by atoms with Gasteiger partial charge in [-0.25, -0.2) is 14.8 Å². The van der Waals surface area contributed by atoms with Crippen molar-refractivity contribution in [3.05, 3.63) is 51.4 Å². The molecule has 0 saturated carbocycles. The number of carbonyl (C=O) groups is 1. The summed E-state index contributed by atoms with van der Waals surface area (Å²) in [7, 11) is 3.83. The Kier molecular flexibility index (Phi) is 4.58. The molecular formula is C21H22N4O4. The fraction of sp³-hybridized carbons (Fsp3) is 0.333. The summed E-state index contributed by atoms with van der Waals surface area (Å²) >= 11 is 0. The highest BCUT2D eigenvalue weighted by Gasteiger charge is 2.33. The first kappa shape index (κ1) is 19.1. The van der Waals surface area contributed by atoms with Gasteiger partial charge in [-0.05, 0) is 18.2 Å². The van der Waals surface area contributed by atoms with Gasteiger partial charge in [0.25, 0.3) is 5.56 Å². The molecule has 2 aliphatic heterocycles. The first-order chi connectivity index (χ1) is 14.0. The van der Waals surface area contributed by atoms with Crippen LogP contribution in [0.25, 0.3) is 22.3 Å². The van der Waals surface area contributed by atoms with Crippen LogP contribution < -0.4 is 10.5 Å². The summed E-state index contributed by atoms with van der Waals surface area (Å²) in [6.45, 7) is 4.26. The van der Waals surface area contributed by atoms with Crippen molar-refractivity contribution in [2.24, 2.45) is 0 Å². The van der Waals surface area contributed by atoms with Crippen LogP contribution in [-0.2, 0) is 22.7 Å². The van der Waals surface area contributed by atoms with Gasteiger partial charge in [-0.3, -0.25) is 4.79 Å². The summed E-state index contributed by atoms with van der Waals surface area (Å²) in [5.41, 5.74) is 3.32.